The Morgan fingerprint density at radius 2 is 2.00 bits per heavy atom. The van der Waals surface area contributed by atoms with Gasteiger partial charge in [0.25, 0.3) is 0 Å². The Bertz CT molecular complexity index is 182. The molecule has 1 heterocycles. The molecule has 0 spiro atoms. The third-order valence-corrected chi connectivity index (χ3v) is 3.13. The van der Waals surface area contributed by atoms with Crippen LogP contribution in [0.15, 0.2) is 0 Å². The van der Waals surface area contributed by atoms with Crippen molar-refractivity contribution in [3.63, 3.8) is 0 Å². The molecule has 0 aliphatic carbocycles. The summed E-state index contributed by atoms with van der Waals surface area (Å²) in [5.41, 5.74) is 0. The van der Waals surface area contributed by atoms with E-state index in [4.69, 9.17) is 4.74 Å². The molecule has 3 nitrogen and oxygen atoms in total. The van der Waals surface area contributed by atoms with E-state index < -0.39 is 0 Å². The van der Waals surface area contributed by atoms with E-state index in [9.17, 15) is 5.11 Å². The fraction of sp³-hybridized carbons (Fsp3) is 1.00. The van der Waals surface area contributed by atoms with Crippen LogP contribution in [0.25, 0.3) is 0 Å². The summed E-state index contributed by atoms with van der Waals surface area (Å²) in [6.07, 6.45) is 1.01. The summed E-state index contributed by atoms with van der Waals surface area (Å²) in [4.78, 5) is 2.42. The first kappa shape index (κ1) is 12.9. The van der Waals surface area contributed by atoms with Gasteiger partial charge in [0.2, 0.25) is 0 Å². The molecule has 2 atom stereocenters. The number of nitrogens with zero attached hydrogens (tertiary/aromatic N) is 1. The van der Waals surface area contributed by atoms with Gasteiger partial charge in [-0.05, 0) is 40.7 Å². The molecular weight excluding hydrogens is 190 g/mol. The van der Waals surface area contributed by atoms with Crippen molar-refractivity contribution in [2.24, 2.45) is 5.92 Å². The summed E-state index contributed by atoms with van der Waals surface area (Å²) in [6, 6.07) is 0.591. The van der Waals surface area contributed by atoms with Crippen LogP contribution >= 0.6 is 0 Å². The molecule has 0 aromatic heterocycles. The summed E-state index contributed by atoms with van der Waals surface area (Å²) < 4.78 is 5.44. The predicted octanol–water partition coefficient (Wildman–Crippen LogP) is 1.50. The zero-order valence-electron chi connectivity index (χ0n) is 10.4. The third kappa shape index (κ3) is 4.09. The molecule has 1 aliphatic heterocycles. The van der Waals surface area contributed by atoms with Crippen molar-refractivity contribution in [1.82, 2.24) is 4.90 Å². The molecule has 3 heteroatoms. The van der Waals surface area contributed by atoms with Crippen LogP contribution in [0.4, 0.5) is 0 Å². The number of aliphatic hydroxyl groups is 1. The van der Waals surface area contributed by atoms with E-state index in [1.807, 2.05) is 13.8 Å². The highest BCUT2D eigenvalue weighted by Gasteiger charge is 2.29. The van der Waals surface area contributed by atoms with Crippen LogP contribution in [0.2, 0.25) is 0 Å². The molecule has 0 radical (unpaired) electrons. The summed E-state index contributed by atoms with van der Waals surface area (Å²) in [6.45, 7) is 11.0. The Labute approximate surface area is 93.4 Å². The predicted molar refractivity (Wildman–Crippen MR) is 61.9 cm³/mol. The molecule has 0 aromatic rings. The summed E-state index contributed by atoms with van der Waals surface area (Å²) in [7, 11) is 0. The molecule has 0 bridgehead atoms. The van der Waals surface area contributed by atoms with Crippen LogP contribution in [0.1, 0.15) is 34.1 Å². The van der Waals surface area contributed by atoms with E-state index in [-0.39, 0.29) is 12.2 Å². The number of ether oxygens (including phenoxy) is 1. The van der Waals surface area contributed by atoms with Crippen molar-refractivity contribution < 1.29 is 9.84 Å². The average Bonchev–Trinajstić information content (AvgIpc) is 2.62. The monoisotopic (exact) mass is 215 g/mol. The normalized spacial score (nSPS) is 25.4. The van der Waals surface area contributed by atoms with E-state index in [2.05, 4.69) is 18.7 Å². The van der Waals surface area contributed by atoms with E-state index in [1.165, 1.54) is 0 Å². The smallest absolute Gasteiger partial charge is 0.0814 e. The van der Waals surface area contributed by atoms with Gasteiger partial charge in [-0.3, -0.25) is 0 Å². The van der Waals surface area contributed by atoms with Gasteiger partial charge in [-0.15, -0.1) is 0 Å². The number of aliphatic hydroxyl groups excluding tert-OH is 1. The van der Waals surface area contributed by atoms with E-state index in [1.54, 1.807) is 0 Å². The summed E-state index contributed by atoms with van der Waals surface area (Å²) in [5.74, 6) is 0.395. The second kappa shape index (κ2) is 5.83. The number of hydrogen-bond donors (Lipinski definition) is 1. The van der Waals surface area contributed by atoms with Crippen LogP contribution < -0.4 is 0 Å². The van der Waals surface area contributed by atoms with Gasteiger partial charge >= 0.3 is 0 Å². The van der Waals surface area contributed by atoms with Crippen LogP contribution in [-0.2, 0) is 4.74 Å². The minimum absolute atomic E-state index is 0.210. The van der Waals surface area contributed by atoms with Crippen LogP contribution in [0, 0.1) is 5.92 Å². The van der Waals surface area contributed by atoms with Crippen LogP contribution in [-0.4, -0.2) is 48.0 Å². The lowest BCUT2D eigenvalue weighted by molar-refractivity contribution is -0.0179. The molecule has 0 saturated carbocycles. The largest absolute Gasteiger partial charge is 0.390 e. The second-order valence-corrected chi connectivity index (χ2v) is 5.09. The van der Waals surface area contributed by atoms with Crippen molar-refractivity contribution in [2.45, 2.75) is 52.4 Å². The van der Waals surface area contributed by atoms with Gasteiger partial charge in [0, 0.05) is 18.5 Å². The Kier molecular flexibility index (Phi) is 5.03. The van der Waals surface area contributed by atoms with Gasteiger partial charge in [0.15, 0.2) is 0 Å². The number of likely N-dealkylation sites (tertiary alicyclic amines) is 1. The quantitative estimate of drug-likeness (QED) is 0.754. The first-order valence-corrected chi connectivity index (χ1v) is 6.04. The molecule has 1 saturated heterocycles. The fourth-order valence-corrected chi connectivity index (χ4v) is 2.03. The third-order valence-electron chi connectivity index (χ3n) is 3.13. The minimum atomic E-state index is -0.295. The zero-order chi connectivity index (χ0) is 11.4. The standard InChI is InChI=1S/C12H25NO2/c1-9(2)13-6-5-11(7-13)12(14)8-15-10(3)4/h9-12,14H,5-8H2,1-4H3. The minimum Gasteiger partial charge on any atom is -0.390 e. The second-order valence-electron chi connectivity index (χ2n) is 5.09. The first-order chi connectivity index (χ1) is 7.00. The highest BCUT2D eigenvalue weighted by molar-refractivity contribution is 4.82. The maximum absolute atomic E-state index is 9.95. The summed E-state index contributed by atoms with van der Waals surface area (Å²) >= 11 is 0. The lowest BCUT2D eigenvalue weighted by Gasteiger charge is -2.22. The van der Waals surface area contributed by atoms with E-state index >= 15 is 0 Å². The zero-order valence-corrected chi connectivity index (χ0v) is 10.4. The van der Waals surface area contributed by atoms with Crippen molar-refractivity contribution in [2.75, 3.05) is 19.7 Å². The molecule has 1 N–H and O–H groups in total. The van der Waals surface area contributed by atoms with Gasteiger partial charge < -0.3 is 14.7 Å². The SMILES string of the molecule is CC(C)OCC(O)C1CCN(C(C)C)C1. The molecule has 0 amide bonds. The fourth-order valence-electron chi connectivity index (χ4n) is 2.03. The highest BCUT2D eigenvalue weighted by Crippen LogP contribution is 2.21. The van der Waals surface area contributed by atoms with Crippen molar-refractivity contribution in [1.29, 1.82) is 0 Å². The highest BCUT2D eigenvalue weighted by atomic mass is 16.5. The summed E-state index contributed by atoms with van der Waals surface area (Å²) in [5, 5.41) is 9.95. The molecular formula is C12H25NO2. The maximum atomic E-state index is 9.95. The van der Waals surface area contributed by atoms with Crippen LogP contribution in [0.3, 0.4) is 0 Å². The van der Waals surface area contributed by atoms with Crippen molar-refractivity contribution in [3.8, 4) is 0 Å². The molecule has 1 fully saturated rings. The van der Waals surface area contributed by atoms with E-state index in [0.717, 1.165) is 19.5 Å². The van der Waals surface area contributed by atoms with Crippen molar-refractivity contribution in [3.05, 3.63) is 0 Å². The lowest BCUT2D eigenvalue weighted by atomic mass is 10.0. The molecule has 90 valence electrons. The van der Waals surface area contributed by atoms with Gasteiger partial charge in [-0.1, -0.05) is 0 Å². The Balaban J connectivity index is 2.27. The van der Waals surface area contributed by atoms with E-state index in [0.29, 0.717) is 18.6 Å². The Morgan fingerprint density at radius 3 is 2.47 bits per heavy atom. The van der Waals surface area contributed by atoms with Gasteiger partial charge in [-0.25, -0.2) is 0 Å². The molecule has 2 unspecified atom stereocenters. The number of rotatable bonds is 5. The van der Waals surface area contributed by atoms with Gasteiger partial charge in [0.05, 0.1) is 18.8 Å². The van der Waals surface area contributed by atoms with Crippen LogP contribution in [0.5, 0.6) is 0 Å². The van der Waals surface area contributed by atoms with Gasteiger partial charge in [-0.2, -0.15) is 0 Å². The molecule has 0 aromatic carbocycles. The molecule has 15 heavy (non-hydrogen) atoms. The number of hydrogen-bond acceptors (Lipinski definition) is 3. The molecule has 1 aliphatic rings. The Hall–Kier alpha value is -0.120. The average molecular weight is 215 g/mol. The topological polar surface area (TPSA) is 32.7 Å². The first-order valence-electron chi connectivity index (χ1n) is 6.04. The molecule has 1 rings (SSSR count). The maximum Gasteiger partial charge on any atom is 0.0814 e. The van der Waals surface area contributed by atoms with Crippen molar-refractivity contribution >= 4 is 0 Å². The van der Waals surface area contributed by atoms with Gasteiger partial charge in [0.1, 0.15) is 0 Å². The Morgan fingerprint density at radius 1 is 1.33 bits per heavy atom. The lowest BCUT2D eigenvalue weighted by Crippen LogP contribution is -2.32.